The van der Waals surface area contributed by atoms with E-state index in [0.29, 0.717) is 0 Å². The quantitative estimate of drug-likeness (QED) is 0.579. The number of carbonyl (C=O) groups excluding carboxylic acids is 1. The lowest BCUT2D eigenvalue weighted by atomic mass is 9.94. The van der Waals surface area contributed by atoms with E-state index >= 15 is 0 Å². The standard InChI is InChI=1S/C12H13NO5/c14-11(8-13(17)18)7-10(12(15)16)6-9-4-2-1-3-5-9/h1-5,10H,6-8H2,(H,15,16)/t10-/m1/s1. The van der Waals surface area contributed by atoms with Crippen LogP contribution in [0.1, 0.15) is 12.0 Å². The summed E-state index contributed by atoms with van der Waals surface area (Å²) >= 11 is 0. The van der Waals surface area contributed by atoms with Crippen LogP contribution in [0.15, 0.2) is 30.3 Å². The summed E-state index contributed by atoms with van der Waals surface area (Å²) in [5.41, 5.74) is 0.791. The predicted octanol–water partition coefficient (Wildman–Crippen LogP) is 1.17. The second-order valence-electron chi connectivity index (χ2n) is 3.96. The highest BCUT2D eigenvalue weighted by atomic mass is 16.6. The normalized spacial score (nSPS) is 11.8. The van der Waals surface area contributed by atoms with Crippen LogP contribution in [-0.4, -0.2) is 28.3 Å². The van der Waals surface area contributed by atoms with Crippen molar-refractivity contribution in [2.24, 2.45) is 5.92 Å². The first-order chi connectivity index (χ1) is 8.49. The Morgan fingerprint density at radius 2 is 1.89 bits per heavy atom. The van der Waals surface area contributed by atoms with Crippen LogP contribution >= 0.6 is 0 Å². The fraction of sp³-hybridized carbons (Fsp3) is 0.333. The Hall–Kier alpha value is -2.24. The topological polar surface area (TPSA) is 97.5 Å². The van der Waals surface area contributed by atoms with E-state index in [0.717, 1.165) is 5.56 Å². The van der Waals surface area contributed by atoms with E-state index in [1.807, 2.05) is 0 Å². The van der Waals surface area contributed by atoms with Crippen molar-refractivity contribution >= 4 is 11.8 Å². The van der Waals surface area contributed by atoms with E-state index in [-0.39, 0.29) is 12.8 Å². The van der Waals surface area contributed by atoms with Crippen LogP contribution in [0, 0.1) is 16.0 Å². The van der Waals surface area contributed by atoms with Crippen LogP contribution in [-0.2, 0) is 16.0 Å². The predicted molar refractivity (Wildman–Crippen MR) is 62.8 cm³/mol. The Labute approximate surface area is 103 Å². The number of hydrogen-bond donors (Lipinski definition) is 1. The molecule has 1 aromatic carbocycles. The zero-order valence-corrected chi connectivity index (χ0v) is 9.61. The molecule has 0 saturated heterocycles. The van der Waals surface area contributed by atoms with Crippen molar-refractivity contribution in [3.05, 3.63) is 46.0 Å². The molecule has 0 radical (unpaired) electrons. The molecule has 0 aliphatic rings. The Balaban J connectivity index is 2.64. The number of Topliss-reactive ketones (excluding diaryl/α,β-unsaturated/α-hetero) is 1. The average molecular weight is 251 g/mol. The molecule has 0 aromatic heterocycles. The monoisotopic (exact) mass is 251 g/mol. The van der Waals surface area contributed by atoms with E-state index in [9.17, 15) is 19.7 Å². The highest BCUT2D eigenvalue weighted by Crippen LogP contribution is 2.13. The van der Waals surface area contributed by atoms with Gasteiger partial charge in [0, 0.05) is 11.3 Å². The van der Waals surface area contributed by atoms with Gasteiger partial charge in [-0.25, -0.2) is 0 Å². The molecule has 18 heavy (non-hydrogen) atoms. The highest BCUT2D eigenvalue weighted by molar-refractivity contribution is 5.84. The molecule has 96 valence electrons. The molecule has 0 aliphatic heterocycles. The maximum Gasteiger partial charge on any atom is 0.307 e. The van der Waals surface area contributed by atoms with Gasteiger partial charge in [-0.1, -0.05) is 30.3 Å². The molecule has 0 amide bonds. The summed E-state index contributed by atoms with van der Waals surface area (Å²) in [6.45, 7) is -0.821. The third-order valence-electron chi connectivity index (χ3n) is 2.45. The molecular formula is C12H13NO5. The molecule has 1 aromatic rings. The lowest BCUT2D eigenvalue weighted by Crippen LogP contribution is -2.24. The lowest BCUT2D eigenvalue weighted by molar-refractivity contribution is -0.467. The average Bonchev–Trinajstić information content (AvgIpc) is 2.28. The van der Waals surface area contributed by atoms with Gasteiger partial charge in [-0.15, -0.1) is 0 Å². The van der Waals surface area contributed by atoms with E-state index in [2.05, 4.69) is 0 Å². The number of ketones is 1. The number of rotatable bonds is 7. The fourth-order valence-corrected chi connectivity index (χ4v) is 1.63. The number of benzene rings is 1. The SMILES string of the molecule is O=C(C[C@@H](Cc1ccccc1)C(=O)O)C[N+](=O)[O-]. The van der Waals surface area contributed by atoms with Crippen molar-refractivity contribution in [3.63, 3.8) is 0 Å². The number of carboxylic acid groups (broad SMARTS) is 1. The minimum atomic E-state index is -1.12. The molecule has 1 rings (SSSR count). The summed E-state index contributed by atoms with van der Waals surface area (Å²) < 4.78 is 0. The van der Waals surface area contributed by atoms with Gasteiger partial charge in [0.25, 0.3) is 6.54 Å². The number of nitrogens with zero attached hydrogens (tertiary/aromatic N) is 1. The van der Waals surface area contributed by atoms with E-state index in [1.54, 1.807) is 30.3 Å². The molecule has 1 atom stereocenters. The van der Waals surface area contributed by atoms with Crippen LogP contribution in [0.4, 0.5) is 0 Å². The number of nitro groups is 1. The van der Waals surface area contributed by atoms with Crippen LogP contribution in [0.2, 0.25) is 0 Å². The summed E-state index contributed by atoms with van der Waals surface area (Å²) in [7, 11) is 0. The molecule has 0 fully saturated rings. The maximum absolute atomic E-state index is 11.3. The molecule has 0 spiro atoms. The molecule has 0 unspecified atom stereocenters. The molecule has 6 nitrogen and oxygen atoms in total. The van der Waals surface area contributed by atoms with Crippen molar-refractivity contribution < 1.29 is 19.6 Å². The van der Waals surface area contributed by atoms with Crippen molar-refractivity contribution in [1.82, 2.24) is 0 Å². The minimum absolute atomic E-state index is 0.194. The summed E-state index contributed by atoms with van der Waals surface area (Å²) in [6.07, 6.45) is -0.120. The van der Waals surface area contributed by atoms with Gasteiger partial charge in [-0.05, 0) is 12.0 Å². The van der Waals surface area contributed by atoms with E-state index < -0.39 is 29.1 Å². The maximum atomic E-state index is 11.3. The van der Waals surface area contributed by atoms with Crippen molar-refractivity contribution in [3.8, 4) is 0 Å². The lowest BCUT2D eigenvalue weighted by Gasteiger charge is -2.10. The zero-order valence-electron chi connectivity index (χ0n) is 9.61. The largest absolute Gasteiger partial charge is 0.481 e. The fourth-order valence-electron chi connectivity index (χ4n) is 1.63. The van der Waals surface area contributed by atoms with Crippen LogP contribution in [0.5, 0.6) is 0 Å². The summed E-state index contributed by atoms with van der Waals surface area (Å²) in [5, 5.41) is 19.2. The first kappa shape index (κ1) is 13.8. The second kappa shape index (κ2) is 6.48. The first-order valence-electron chi connectivity index (χ1n) is 5.39. The first-order valence-corrected chi connectivity index (χ1v) is 5.39. The van der Waals surface area contributed by atoms with E-state index in [1.165, 1.54) is 0 Å². The van der Waals surface area contributed by atoms with Crippen molar-refractivity contribution in [1.29, 1.82) is 0 Å². The number of aliphatic carboxylic acids is 1. The highest BCUT2D eigenvalue weighted by Gasteiger charge is 2.23. The zero-order chi connectivity index (χ0) is 13.5. The number of hydrogen-bond acceptors (Lipinski definition) is 4. The molecule has 0 heterocycles. The van der Waals surface area contributed by atoms with Gasteiger partial charge in [0.05, 0.1) is 5.92 Å². The van der Waals surface area contributed by atoms with Crippen molar-refractivity contribution in [2.45, 2.75) is 12.8 Å². The molecule has 0 aliphatic carbocycles. The minimum Gasteiger partial charge on any atom is -0.481 e. The number of carboxylic acids is 1. The summed E-state index contributed by atoms with van der Waals surface area (Å²) in [6, 6.07) is 8.86. The van der Waals surface area contributed by atoms with Gasteiger partial charge in [-0.3, -0.25) is 19.7 Å². The van der Waals surface area contributed by atoms with Gasteiger partial charge in [0.15, 0.2) is 0 Å². The van der Waals surface area contributed by atoms with E-state index in [4.69, 9.17) is 5.11 Å². The van der Waals surface area contributed by atoms with Gasteiger partial charge in [0.1, 0.15) is 0 Å². The van der Waals surface area contributed by atoms with Gasteiger partial charge in [-0.2, -0.15) is 0 Å². The van der Waals surface area contributed by atoms with Crippen molar-refractivity contribution in [2.75, 3.05) is 6.54 Å². The number of carbonyl (C=O) groups is 2. The van der Waals surface area contributed by atoms with Crippen LogP contribution in [0.3, 0.4) is 0 Å². The third kappa shape index (κ3) is 4.73. The molecule has 1 N–H and O–H groups in total. The van der Waals surface area contributed by atoms with Gasteiger partial charge in [0.2, 0.25) is 5.78 Å². The molecule has 0 saturated carbocycles. The third-order valence-corrected chi connectivity index (χ3v) is 2.45. The molecule has 0 bridgehead atoms. The Morgan fingerprint density at radius 1 is 1.28 bits per heavy atom. The van der Waals surface area contributed by atoms with Crippen LogP contribution < -0.4 is 0 Å². The summed E-state index contributed by atoms with van der Waals surface area (Å²) in [4.78, 5) is 31.7. The Morgan fingerprint density at radius 3 is 2.39 bits per heavy atom. The Kier molecular flexibility index (Phi) is 4.98. The molecule has 6 heteroatoms. The van der Waals surface area contributed by atoms with Gasteiger partial charge < -0.3 is 5.11 Å². The summed E-state index contributed by atoms with van der Waals surface area (Å²) in [5.74, 6) is -2.70. The smallest absolute Gasteiger partial charge is 0.307 e. The second-order valence-corrected chi connectivity index (χ2v) is 3.96. The Bertz CT molecular complexity index is 443. The van der Waals surface area contributed by atoms with Crippen LogP contribution in [0.25, 0.3) is 0 Å². The van der Waals surface area contributed by atoms with Gasteiger partial charge >= 0.3 is 5.97 Å². The molecular weight excluding hydrogens is 238 g/mol.